The lowest BCUT2D eigenvalue weighted by Gasteiger charge is -2.28. The van der Waals surface area contributed by atoms with Gasteiger partial charge in [0.2, 0.25) is 0 Å². The molecule has 5 heteroatoms. The van der Waals surface area contributed by atoms with Crippen molar-refractivity contribution < 1.29 is 4.74 Å². The minimum atomic E-state index is 0.761. The second kappa shape index (κ2) is 6.02. The number of rotatable bonds is 2. The molecule has 1 fully saturated rings. The summed E-state index contributed by atoms with van der Waals surface area (Å²) in [7, 11) is 0. The molecular weight excluding hydrogens is 294 g/mol. The smallest absolute Gasteiger partial charge is 0.162 e. The molecule has 0 radical (unpaired) electrons. The molecule has 1 saturated heterocycles. The van der Waals surface area contributed by atoms with Crippen molar-refractivity contribution in [3.63, 3.8) is 0 Å². The molecular formula is C17H17N3OS. The van der Waals surface area contributed by atoms with Gasteiger partial charge in [-0.2, -0.15) is 0 Å². The van der Waals surface area contributed by atoms with Gasteiger partial charge in [0.25, 0.3) is 0 Å². The van der Waals surface area contributed by atoms with Crippen molar-refractivity contribution in [2.75, 3.05) is 31.2 Å². The summed E-state index contributed by atoms with van der Waals surface area (Å²) in [5.74, 6) is 1.84. The van der Waals surface area contributed by atoms with Crippen molar-refractivity contribution in [2.24, 2.45) is 0 Å². The van der Waals surface area contributed by atoms with Crippen molar-refractivity contribution in [2.45, 2.75) is 6.42 Å². The van der Waals surface area contributed by atoms with E-state index in [0.29, 0.717) is 0 Å². The van der Waals surface area contributed by atoms with Crippen molar-refractivity contribution >= 4 is 32.9 Å². The molecule has 0 aromatic carbocycles. The van der Waals surface area contributed by atoms with Gasteiger partial charge < -0.3 is 9.64 Å². The summed E-state index contributed by atoms with van der Waals surface area (Å²) >= 11 is 1.71. The number of fused-ring (bicyclic) bond motifs is 1. The maximum atomic E-state index is 5.46. The maximum Gasteiger partial charge on any atom is 0.162 e. The summed E-state index contributed by atoms with van der Waals surface area (Å²) in [5.41, 5.74) is 2.09. The molecule has 1 aliphatic carbocycles. The van der Waals surface area contributed by atoms with Crippen LogP contribution >= 0.6 is 11.3 Å². The van der Waals surface area contributed by atoms with E-state index in [9.17, 15) is 0 Å². The Morgan fingerprint density at radius 1 is 1.14 bits per heavy atom. The molecule has 2 aromatic rings. The van der Waals surface area contributed by atoms with Crippen molar-refractivity contribution in [3.8, 4) is 0 Å². The van der Waals surface area contributed by atoms with Gasteiger partial charge in [-0.05, 0) is 17.9 Å². The summed E-state index contributed by atoms with van der Waals surface area (Å²) in [6, 6.07) is 2.08. The predicted octanol–water partition coefficient (Wildman–Crippen LogP) is 3.43. The van der Waals surface area contributed by atoms with Gasteiger partial charge in [0, 0.05) is 18.7 Å². The van der Waals surface area contributed by atoms with Gasteiger partial charge in [-0.3, -0.25) is 0 Å². The lowest BCUT2D eigenvalue weighted by Crippen LogP contribution is -2.37. The number of nitrogens with zero attached hydrogens (tertiary/aromatic N) is 3. The van der Waals surface area contributed by atoms with E-state index in [1.165, 1.54) is 4.70 Å². The molecule has 4 rings (SSSR count). The first-order chi connectivity index (χ1) is 10.9. The summed E-state index contributed by atoms with van der Waals surface area (Å²) in [4.78, 5) is 11.9. The van der Waals surface area contributed by atoms with E-state index in [-0.39, 0.29) is 0 Å². The molecule has 0 unspecified atom stereocenters. The number of morpholine rings is 1. The van der Waals surface area contributed by atoms with Gasteiger partial charge >= 0.3 is 0 Å². The third-order valence-electron chi connectivity index (χ3n) is 3.84. The van der Waals surface area contributed by atoms with E-state index in [4.69, 9.17) is 14.7 Å². The Hall–Kier alpha value is -1.98. The van der Waals surface area contributed by atoms with Crippen LogP contribution in [0.3, 0.4) is 0 Å². The monoisotopic (exact) mass is 311 g/mol. The molecule has 0 amide bonds. The zero-order chi connectivity index (χ0) is 14.8. The lowest BCUT2D eigenvalue weighted by atomic mass is 10.2. The Morgan fingerprint density at radius 3 is 2.95 bits per heavy atom. The minimum absolute atomic E-state index is 0.761. The van der Waals surface area contributed by atoms with Crippen LogP contribution in [-0.4, -0.2) is 36.3 Å². The average molecular weight is 311 g/mol. The van der Waals surface area contributed by atoms with Gasteiger partial charge in [0.05, 0.1) is 23.4 Å². The molecule has 112 valence electrons. The number of anilines is 1. The molecule has 0 spiro atoms. The molecule has 3 heterocycles. The highest BCUT2D eigenvalue weighted by Crippen LogP contribution is 2.31. The van der Waals surface area contributed by atoms with Crippen LogP contribution in [0, 0.1) is 0 Å². The van der Waals surface area contributed by atoms with Crippen LogP contribution in [0.4, 0.5) is 5.82 Å². The fraction of sp³-hybridized carbons (Fsp3) is 0.294. The Kier molecular flexibility index (Phi) is 3.74. The average Bonchev–Trinajstić information content (AvgIpc) is 2.88. The van der Waals surface area contributed by atoms with E-state index in [1.807, 2.05) is 0 Å². The number of hydrogen-bond acceptors (Lipinski definition) is 5. The standard InChI is InChI=1S/C17H17N3OS/c1-2-4-6-13(5-3-1)16-18-14-7-12-22-15(14)17(19-16)20-8-10-21-11-9-20/h1,3-7,12H,2,8-11H2. The Morgan fingerprint density at radius 2 is 2.05 bits per heavy atom. The number of allylic oxidation sites excluding steroid dienone is 6. The largest absolute Gasteiger partial charge is 0.378 e. The number of aromatic nitrogens is 2. The molecule has 4 nitrogen and oxygen atoms in total. The van der Waals surface area contributed by atoms with E-state index in [2.05, 4.69) is 46.7 Å². The minimum Gasteiger partial charge on any atom is -0.378 e. The van der Waals surface area contributed by atoms with Crippen LogP contribution in [0.15, 0.2) is 41.8 Å². The normalized spacial score (nSPS) is 18.5. The topological polar surface area (TPSA) is 38.2 Å². The lowest BCUT2D eigenvalue weighted by molar-refractivity contribution is 0.122. The predicted molar refractivity (Wildman–Crippen MR) is 91.3 cm³/mol. The van der Waals surface area contributed by atoms with Crippen LogP contribution in [0.25, 0.3) is 15.8 Å². The summed E-state index contributed by atoms with van der Waals surface area (Å²) < 4.78 is 6.63. The van der Waals surface area contributed by atoms with Crippen molar-refractivity contribution in [1.82, 2.24) is 9.97 Å². The van der Waals surface area contributed by atoms with Gasteiger partial charge in [0.15, 0.2) is 11.6 Å². The molecule has 0 bridgehead atoms. The Labute approximate surface area is 133 Å². The highest BCUT2D eigenvalue weighted by Gasteiger charge is 2.18. The van der Waals surface area contributed by atoms with E-state index >= 15 is 0 Å². The summed E-state index contributed by atoms with van der Waals surface area (Å²) in [5, 5.41) is 2.09. The number of thiophene rings is 1. The zero-order valence-corrected chi connectivity index (χ0v) is 13.1. The van der Waals surface area contributed by atoms with Crippen LogP contribution < -0.4 is 4.90 Å². The van der Waals surface area contributed by atoms with Crippen LogP contribution in [0.5, 0.6) is 0 Å². The summed E-state index contributed by atoms with van der Waals surface area (Å²) in [6.07, 6.45) is 11.5. The maximum absolute atomic E-state index is 5.46. The highest BCUT2D eigenvalue weighted by molar-refractivity contribution is 7.17. The first-order valence-corrected chi connectivity index (χ1v) is 8.41. The molecule has 0 N–H and O–H groups in total. The zero-order valence-electron chi connectivity index (χ0n) is 12.2. The van der Waals surface area contributed by atoms with Gasteiger partial charge in [-0.1, -0.05) is 30.4 Å². The van der Waals surface area contributed by atoms with Crippen LogP contribution in [-0.2, 0) is 4.74 Å². The summed E-state index contributed by atoms with van der Waals surface area (Å²) in [6.45, 7) is 3.30. The van der Waals surface area contributed by atoms with Crippen LogP contribution in [0.2, 0.25) is 0 Å². The molecule has 0 saturated carbocycles. The Balaban J connectivity index is 1.82. The second-order valence-electron chi connectivity index (χ2n) is 5.29. The SMILES string of the molecule is C1=CCC=CC(c2nc(N3CCOCC3)c3sccc3n2)=C1. The first kappa shape index (κ1) is 13.7. The Bertz CT molecular complexity index is 769. The van der Waals surface area contributed by atoms with E-state index in [0.717, 1.165) is 55.5 Å². The second-order valence-corrected chi connectivity index (χ2v) is 6.21. The molecule has 2 aliphatic rings. The number of hydrogen-bond donors (Lipinski definition) is 0. The fourth-order valence-corrected chi connectivity index (χ4v) is 3.54. The van der Waals surface area contributed by atoms with Crippen molar-refractivity contribution in [3.05, 3.63) is 47.7 Å². The first-order valence-electron chi connectivity index (χ1n) is 7.53. The third-order valence-corrected chi connectivity index (χ3v) is 4.74. The van der Waals surface area contributed by atoms with Gasteiger partial charge in [0.1, 0.15) is 0 Å². The highest BCUT2D eigenvalue weighted by atomic mass is 32.1. The van der Waals surface area contributed by atoms with E-state index < -0.39 is 0 Å². The van der Waals surface area contributed by atoms with E-state index in [1.54, 1.807) is 11.3 Å². The molecule has 1 aliphatic heterocycles. The van der Waals surface area contributed by atoms with Crippen LogP contribution in [0.1, 0.15) is 12.2 Å². The van der Waals surface area contributed by atoms with Gasteiger partial charge in [-0.15, -0.1) is 11.3 Å². The third kappa shape index (κ3) is 2.58. The van der Waals surface area contributed by atoms with Gasteiger partial charge in [-0.25, -0.2) is 9.97 Å². The fourth-order valence-electron chi connectivity index (χ4n) is 2.70. The van der Waals surface area contributed by atoms with Crippen molar-refractivity contribution in [1.29, 1.82) is 0 Å². The molecule has 0 atom stereocenters. The molecule has 22 heavy (non-hydrogen) atoms. The molecule has 2 aromatic heterocycles. The number of ether oxygens (including phenoxy) is 1. The quantitative estimate of drug-likeness (QED) is 0.852.